The van der Waals surface area contributed by atoms with Gasteiger partial charge in [0.25, 0.3) is 0 Å². The van der Waals surface area contributed by atoms with Crippen molar-refractivity contribution in [2.24, 2.45) is 4.99 Å². The van der Waals surface area contributed by atoms with Gasteiger partial charge in [-0.25, -0.2) is 4.98 Å². The molecule has 1 atom stereocenters. The van der Waals surface area contributed by atoms with Crippen LogP contribution in [0.3, 0.4) is 0 Å². The van der Waals surface area contributed by atoms with Crippen molar-refractivity contribution in [2.45, 2.75) is 31.5 Å². The predicted molar refractivity (Wildman–Crippen MR) is 102 cm³/mol. The lowest BCUT2D eigenvalue weighted by atomic mass is 10.2. The summed E-state index contributed by atoms with van der Waals surface area (Å²) in [5, 5.41) is 8.88. The van der Waals surface area contributed by atoms with Crippen molar-refractivity contribution in [3.63, 3.8) is 0 Å². The minimum Gasteiger partial charge on any atom is -0.379 e. The number of hydrogen-bond donors (Lipinski definition) is 3. The monoisotopic (exact) mass is 403 g/mol. The first kappa shape index (κ1) is 22.2. The van der Waals surface area contributed by atoms with Crippen molar-refractivity contribution < 1.29 is 22.6 Å². The van der Waals surface area contributed by atoms with Gasteiger partial charge in [0.1, 0.15) is 5.82 Å². The van der Waals surface area contributed by atoms with Gasteiger partial charge in [0, 0.05) is 46.1 Å². The molecule has 0 aromatic carbocycles. The molecule has 0 bridgehead atoms. The Hall–Kier alpha value is -2.07. The van der Waals surface area contributed by atoms with Crippen molar-refractivity contribution in [1.82, 2.24) is 15.6 Å². The smallest absolute Gasteiger partial charge is 0.379 e. The van der Waals surface area contributed by atoms with Gasteiger partial charge in [-0.3, -0.25) is 4.99 Å². The molecule has 1 unspecified atom stereocenters. The minimum absolute atomic E-state index is 0.178. The summed E-state index contributed by atoms with van der Waals surface area (Å²) in [6, 6.07) is 2.27. The summed E-state index contributed by atoms with van der Waals surface area (Å²) in [5.41, 5.74) is -0.777. The molecule has 3 N–H and O–H groups in total. The Kier molecular flexibility index (Phi) is 9.29. The minimum atomic E-state index is -4.44. The van der Waals surface area contributed by atoms with Gasteiger partial charge in [0.15, 0.2) is 5.96 Å². The van der Waals surface area contributed by atoms with E-state index in [-0.39, 0.29) is 18.5 Å². The molecule has 10 heteroatoms. The second-order valence-electron chi connectivity index (χ2n) is 6.31. The molecule has 1 saturated heterocycles. The first-order valence-electron chi connectivity index (χ1n) is 9.40. The predicted octanol–water partition coefficient (Wildman–Crippen LogP) is 2.26. The number of nitrogens with one attached hydrogen (secondary N) is 3. The fourth-order valence-electron chi connectivity index (χ4n) is 2.73. The van der Waals surface area contributed by atoms with Gasteiger partial charge >= 0.3 is 6.18 Å². The van der Waals surface area contributed by atoms with Crippen LogP contribution in [0.5, 0.6) is 0 Å². The maximum Gasteiger partial charge on any atom is 0.419 e. The van der Waals surface area contributed by atoms with Crippen molar-refractivity contribution in [1.29, 1.82) is 0 Å². The molecule has 2 rings (SSSR count). The molecule has 1 aromatic heterocycles. The highest BCUT2D eigenvalue weighted by atomic mass is 19.4. The molecule has 7 nitrogen and oxygen atoms in total. The third-order valence-corrected chi connectivity index (χ3v) is 4.13. The van der Waals surface area contributed by atoms with Gasteiger partial charge < -0.3 is 25.4 Å². The fraction of sp³-hybridized carbons (Fsp3) is 0.667. The zero-order valence-electron chi connectivity index (χ0n) is 16.0. The maximum absolute atomic E-state index is 12.9. The topological polar surface area (TPSA) is 79.8 Å². The number of rotatable bonds is 10. The van der Waals surface area contributed by atoms with E-state index in [1.165, 1.54) is 12.3 Å². The van der Waals surface area contributed by atoms with Crippen LogP contribution in [0.25, 0.3) is 0 Å². The van der Waals surface area contributed by atoms with Crippen LogP contribution < -0.4 is 16.0 Å². The fourth-order valence-corrected chi connectivity index (χ4v) is 2.73. The lowest BCUT2D eigenvalue weighted by Crippen LogP contribution is -2.40. The molecule has 0 amide bonds. The van der Waals surface area contributed by atoms with E-state index in [1.54, 1.807) is 7.05 Å². The highest BCUT2D eigenvalue weighted by molar-refractivity contribution is 5.79. The van der Waals surface area contributed by atoms with Gasteiger partial charge in [-0.1, -0.05) is 0 Å². The number of halogens is 3. The Morgan fingerprint density at radius 2 is 2.14 bits per heavy atom. The van der Waals surface area contributed by atoms with Crippen molar-refractivity contribution in [3.8, 4) is 0 Å². The average molecular weight is 403 g/mol. The molecule has 0 saturated carbocycles. The molecular formula is C18H28F3N5O2. The first-order valence-corrected chi connectivity index (χ1v) is 9.40. The summed E-state index contributed by atoms with van der Waals surface area (Å²) in [7, 11) is 1.64. The molecular weight excluding hydrogens is 375 g/mol. The lowest BCUT2D eigenvalue weighted by Gasteiger charge is -2.15. The Bertz CT molecular complexity index is 607. The second-order valence-corrected chi connectivity index (χ2v) is 6.31. The summed E-state index contributed by atoms with van der Waals surface area (Å²) < 4.78 is 49.8. The maximum atomic E-state index is 12.9. The molecule has 1 aromatic rings. The van der Waals surface area contributed by atoms with Gasteiger partial charge in [-0.05, 0) is 31.4 Å². The molecule has 1 fully saturated rings. The summed E-state index contributed by atoms with van der Waals surface area (Å²) in [6.07, 6.45) is 0.0943. The number of aliphatic imine (C=N–C) groups is 1. The third kappa shape index (κ3) is 7.89. The normalized spacial score (nSPS) is 17.6. The van der Waals surface area contributed by atoms with E-state index < -0.39 is 11.7 Å². The number of guanidine groups is 1. The highest BCUT2D eigenvalue weighted by Crippen LogP contribution is 2.33. The van der Waals surface area contributed by atoms with Gasteiger partial charge in [-0.15, -0.1) is 0 Å². The van der Waals surface area contributed by atoms with Gasteiger partial charge in [0.2, 0.25) is 0 Å². The second kappa shape index (κ2) is 11.7. The van der Waals surface area contributed by atoms with Crippen LogP contribution in [0.15, 0.2) is 23.3 Å². The zero-order valence-corrected chi connectivity index (χ0v) is 16.0. The van der Waals surface area contributed by atoms with Crippen molar-refractivity contribution in [3.05, 3.63) is 23.9 Å². The summed E-state index contributed by atoms with van der Waals surface area (Å²) >= 11 is 0. The Labute approximate surface area is 163 Å². The van der Waals surface area contributed by atoms with Crippen molar-refractivity contribution in [2.75, 3.05) is 51.8 Å². The van der Waals surface area contributed by atoms with E-state index in [1.807, 2.05) is 0 Å². The highest BCUT2D eigenvalue weighted by Gasteiger charge is 2.33. The average Bonchev–Trinajstić information content (AvgIpc) is 3.19. The van der Waals surface area contributed by atoms with E-state index in [4.69, 9.17) is 9.47 Å². The third-order valence-electron chi connectivity index (χ3n) is 4.13. The molecule has 1 aliphatic rings. The number of pyridine rings is 1. The molecule has 0 radical (unpaired) electrons. The summed E-state index contributed by atoms with van der Waals surface area (Å²) in [4.78, 5) is 7.84. The van der Waals surface area contributed by atoms with Crippen LogP contribution in [0.4, 0.5) is 19.0 Å². The number of nitrogens with zero attached hydrogens (tertiary/aromatic N) is 2. The largest absolute Gasteiger partial charge is 0.419 e. The zero-order chi connectivity index (χ0) is 20.2. The Morgan fingerprint density at radius 1 is 1.32 bits per heavy atom. The van der Waals surface area contributed by atoms with E-state index >= 15 is 0 Å². The van der Waals surface area contributed by atoms with Gasteiger partial charge in [0.05, 0.1) is 18.3 Å². The number of alkyl halides is 3. The Morgan fingerprint density at radius 3 is 2.86 bits per heavy atom. The summed E-state index contributed by atoms with van der Waals surface area (Å²) in [5.74, 6) is 0.404. The van der Waals surface area contributed by atoms with Crippen molar-refractivity contribution >= 4 is 11.8 Å². The SMILES string of the molecule is CN=C(NCCCOCC1CCCO1)NCCNc1ncccc1C(F)(F)F. The van der Waals surface area contributed by atoms with E-state index in [2.05, 4.69) is 25.9 Å². The number of ether oxygens (including phenoxy) is 2. The van der Waals surface area contributed by atoms with Crippen LogP contribution in [0.2, 0.25) is 0 Å². The van der Waals surface area contributed by atoms with E-state index in [0.717, 1.165) is 31.9 Å². The molecule has 0 spiro atoms. The molecule has 2 heterocycles. The first-order chi connectivity index (χ1) is 13.5. The van der Waals surface area contributed by atoms with E-state index in [0.29, 0.717) is 32.3 Å². The van der Waals surface area contributed by atoms with Gasteiger partial charge in [-0.2, -0.15) is 13.2 Å². The molecule has 1 aliphatic heterocycles. The molecule has 28 heavy (non-hydrogen) atoms. The van der Waals surface area contributed by atoms with Crippen LogP contribution in [0.1, 0.15) is 24.8 Å². The number of aromatic nitrogens is 1. The van der Waals surface area contributed by atoms with E-state index in [9.17, 15) is 13.2 Å². The number of hydrogen-bond acceptors (Lipinski definition) is 5. The van der Waals surface area contributed by atoms with Crippen LogP contribution in [-0.2, 0) is 15.7 Å². The van der Waals surface area contributed by atoms with Crippen LogP contribution >= 0.6 is 0 Å². The quantitative estimate of drug-likeness (QED) is 0.316. The molecule has 158 valence electrons. The lowest BCUT2D eigenvalue weighted by molar-refractivity contribution is -0.137. The van der Waals surface area contributed by atoms with Crippen LogP contribution in [0, 0.1) is 0 Å². The standard InChI is InChI=1S/C18H28F3N5O2/c1-22-17(25-8-4-11-27-13-14-5-3-12-28-14)26-10-9-24-16-15(18(19,20)21)6-2-7-23-16/h2,6-7,14H,3-5,8-13H2,1H3,(H,23,24)(H2,22,25,26). The number of anilines is 1. The molecule has 0 aliphatic carbocycles. The summed E-state index contributed by atoms with van der Waals surface area (Å²) in [6.45, 7) is 3.42. The Balaban J connectivity index is 1.57. The van der Waals surface area contributed by atoms with Crippen LogP contribution in [-0.4, -0.2) is 63.6 Å².